The molecule has 1 unspecified atom stereocenters. The first-order valence-corrected chi connectivity index (χ1v) is 8.19. The molecule has 0 fully saturated rings. The van der Waals surface area contributed by atoms with Crippen LogP contribution in [-0.4, -0.2) is 29.1 Å². The molecular weight excluding hydrogens is 304 g/mol. The monoisotopic (exact) mass is 330 g/mol. The summed E-state index contributed by atoms with van der Waals surface area (Å²) in [6.45, 7) is 9.27. The molecular formula is C18H26N4O2. The molecule has 1 heterocycles. The van der Waals surface area contributed by atoms with Gasteiger partial charge in [0, 0.05) is 13.1 Å². The van der Waals surface area contributed by atoms with Crippen LogP contribution < -0.4 is 10.6 Å². The lowest BCUT2D eigenvalue weighted by Crippen LogP contribution is -2.39. The summed E-state index contributed by atoms with van der Waals surface area (Å²) in [5, 5.41) is 16.6. The number of nitrogens with zero attached hydrogens (tertiary/aromatic N) is 2. The van der Waals surface area contributed by atoms with E-state index in [1.165, 1.54) is 5.56 Å². The third-order valence-electron chi connectivity index (χ3n) is 3.71. The fourth-order valence-corrected chi connectivity index (χ4v) is 2.20. The molecule has 0 aliphatic carbocycles. The third kappa shape index (κ3) is 5.09. The van der Waals surface area contributed by atoms with Gasteiger partial charge in [-0.1, -0.05) is 29.8 Å². The van der Waals surface area contributed by atoms with Crippen molar-refractivity contribution < 1.29 is 9.52 Å². The third-order valence-corrected chi connectivity index (χ3v) is 3.71. The van der Waals surface area contributed by atoms with Crippen LogP contribution >= 0.6 is 0 Å². The van der Waals surface area contributed by atoms with Crippen molar-refractivity contribution in [3.63, 3.8) is 0 Å². The molecule has 1 atom stereocenters. The molecule has 3 N–H and O–H groups in total. The average Bonchev–Trinajstić information content (AvgIpc) is 2.88. The minimum atomic E-state index is -0.597. The molecule has 6 heteroatoms. The van der Waals surface area contributed by atoms with Gasteiger partial charge in [0.05, 0.1) is 11.8 Å². The number of aromatic nitrogens is 1. The van der Waals surface area contributed by atoms with E-state index in [-0.39, 0.29) is 0 Å². The van der Waals surface area contributed by atoms with Crippen molar-refractivity contribution in [2.75, 3.05) is 13.1 Å². The molecule has 2 aromatic rings. The molecule has 130 valence electrons. The topological polar surface area (TPSA) is 82.7 Å². The highest BCUT2D eigenvalue weighted by Crippen LogP contribution is 2.12. The number of rotatable bonds is 6. The predicted octanol–water partition coefficient (Wildman–Crippen LogP) is 2.39. The van der Waals surface area contributed by atoms with E-state index in [1.54, 1.807) is 0 Å². The number of benzene rings is 1. The van der Waals surface area contributed by atoms with E-state index in [2.05, 4.69) is 20.6 Å². The molecule has 6 nitrogen and oxygen atoms in total. The molecule has 0 bridgehead atoms. The van der Waals surface area contributed by atoms with Crippen molar-refractivity contribution in [3.05, 3.63) is 52.7 Å². The summed E-state index contributed by atoms with van der Waals surface area (Å²) in [4.78, 5) is 8.76. The molecule has 0 saturated heterocycles. The van der Waals surface area contributed by atoms with Crippen LogP contribution in [0.15, 0.2) is 33.7 Å². The Morgan fingerprint density at radius 1 is 1.21 bits per heavy atom. The number of guanidine groups is 1. The largest absolute Gasteiger partial charge is 0.444 e. The Morgan fingerprint density at radius 2 is 1.92 bits per heavy atom. The van der Waals surface area contributed by atoms with Gasteiger partial charge in [0.1, 0.15) is 12.3 Å². The minimum Gasteiger partial charge on any atom is -0.444 e. The van der Waals surface area contributed by atoms with E-state index < -0.39 is 6.10 Å². The number of aryl methyl sites for hydroxylation is 3. The van der Waals surface area contributed by atoms with E-state index in [0.29, 0.717) is 24.9 Å². The second-order valence-corrected chi connectivity index (χ2v) is 5.75. The van der Waals surface area contributed by atoms with Crippen LogP contribution in [0.2, 0.25) is 0 Å². The fraction of sp³-hybridized carbons (Fsp3) is 0.444. The van der Waals surface area contributed by atoms with Gasteiger partial charge in [-0.15, -0.1) is 0 Å². The van der Waals surface area contributed by atoms with Crippen molar-refractivity contribution in [1.82, 2.24) is 15.6 Å². The van der Waals surface area contributed by atoms with Crippen LogP contribution in [0.1, 0.15) is 41.5 Å². The number of aliphatic hydroxyl groups excluding tert-OH is 1. The minimum absolute atomic E-state index is 0.352. The average molecular weight is 330 g/mol. The molecule has 0 radical (unpaired) electrons. The molecule has 1 aromatic heterocycles. The van der Waals surface area contributed by atoms with Crippen LogP contribution in [0.3, 0.4) is 0 Å². The second-order valence-electron chi connectivity index (χ2n) is 5.75. The van der Waals surface area contributed by atoms with Crippen LogP contribution in [0.4, 0.5) is 0 Å². The van der Waals surface area contributed by atoms with E-state index >= 15 is 0 Å². The van der Waals surface area contributed by atoms with Crippen molar-refractivity contribution in [2.24, 2.45) is 4.99 Å². The maximum Gasteiger partial charge on any atom is 0.216 e. The van der Waals surface area contributed by atoms with Gasteiger partial charge in [-0.25, -0.2) is 9.98 Å². The van der Waals surface area contributed by atoms with Gasteiger partial charge in [-0.2, -0.15) is 0 Å². The van der Waals surface area contributed by atoms with Crippen molar-refractivity contribution in [3.8, 4) is 0 Å². The van der Waals surface area contributed by atoms with Crippen LogP contribution in [0.5, 0.6) is 0 Å². The SMILES string of the molecule is CCNC(=NCc1nc(C)c(C)o1)NCC(O)c1ccc(C)cc1. The summed E-state index contributed by atoms with van der Waals surface area (Å²) in [7, 11) is 0. The van der Waals surface area contributed by atoms with Gasteiger partial charge in [0.15, 0.2) is 5.96 Å². The van der Waals surface area contributed by atoms with E-state index in [4.69, 9.17) is 4.42 Å². The van der Waals surface area contributed by atoms with Gasteiger partial charge < -0.3 is 20.2 Å². The van der Waals surface area contributed by atoms with Crippen molar-refractivity contribution in [1.29, 1.82) is 0 Å². The Hall–Kier alpha value is -2.34. The smallest absolute Gasteiger partial charge is 0.216 e. The summed E-state index contributed by atoms with van der Waals surface area (Å²) in [5.74, 6) is 2.02. The standard InChI is InChI=1S/C18H26N4O2/c1-5-19-18(21-11-17-22-13(3)14(4)24-17)20-10-16(23)15-8-6-12(2)7-9-15/h6-9,16,23H,5,10-11H2,1-4H3,(H2,19,20,21). The summed E-state index contributed by atoms with van der Waals surface area (Å²) in [6, 6.07) is 7.85. The lowest BCUT2D eigenvalue weighted by atomic mass is 10.1. The highest BCUT2D eigenvalue weighted by atomic mass is 16.4. The van der Waals surface area contributed by atoms with E-state index in [1.807, 2.05) is 52.0 Å². The van der Waals surface area contributed by atoms with Crippen LogP contribution in [0.25, 0.3) is 0 Å². The number of nitrogens with one attached hydrogen (secondary N) is 2. The molecule has 0 aliphatic rings. The van der Waals surface area contributed by atoms with Gasteiger partial charge in [0.2, 0.25) is 5.89 Å². The first kappa shape index (κ1) is 18.0. The van der Waals surface area contributed by atoms with Crippen LogP contribution in [-0.2, 0) is 6.54 Å². The van der Waals surface area contributed by atoms with Crippen molar-refractivity contribution in [2.45, 2.75) is 40.3 Å². The summed E-state index contributed by atoms with van der Waals surface area (Å²) >= 11 is 0. The first-order valence-electron chi connectivity index (χ1n) is 8.19. The maximum atomic E-state index is 10.3. The van der Waals surface area contributed by atoms with E-state index in [9.17, 15) is 5.11 Å². The quantitative estimate of drug-likeness (QED) is 0.559. The first-order chi connectivity index (χ1) is 11.5. The van der Waals surface area contributed by atoms with Gasteiger partial charge in [-0.05, 0) is 33.3 Å². The van der Waals surface area contributed by atoms with Gasteiger partial charge in [-0.3, -0.25) is 0 Å². The zero-order chi connectivity index (χ0) is 17.5. The molecule has 2 rings (SSSR count). The fourth-order valence-electron chi connectivity index (χ4n) is 2.20. The number of aliphatic hydroxyl groups is 1. The molecule has 0 amide bonds. The lowest BCUT2D eigenvalue weighted by Gasteiger charge is -2.15. The normalized spacial score (nSPS) is 13.0. The molecule has 0 spiro atoms. The Bertz CT molecular complexity index is 657. The second kappa shape index (κ2) is 8.49. The number of aliphatic imine (C=N–C) groups is 1. The zero-order valence-corrected chi connectivity index (χ0v) is 14.8. The molecule has 24 heavy (non-hydrogen) atoms. The molecule has 0 aliphatic heterocycles. The Kier molecular flexibility index (Phi) is 6.37. The highest BCUT2D eigenvalue weighted by molar-refractivity contribution is 5.79. The molecule has 1 aromatic carbocycles. The maximum absolute atomic E-state index is 10.3. The summed E-state index contributed by atoms with van der Waals surface area (Å²) in [6.07, 6.45) is -0.597. The van der Waals surface area contributed by atoms with Crippen molar-refractivity contribution >= 4 is 5.96 Å². The molecule has 0 saturated carbocycles. The number of oxazole rings is 1. The highest BCUT2D eigenvalue weighted by Gasteiger charge is 2.09. The Morgan fingerprint density at radius 3 is 2.50 bits per heavy atom. The number of hydrogen-bond donors (Lipinski definition) is 3. The van der Waals surface area contributed by atoms with E-state index in [0.717, 1.165) is 23.6 Å². The zero-order valence-electron chi connectivity index (χ0n) is 14.8. The predicted molar refractivity (Wildman–Crippen MR) is 94.9 cm³/mol. The summed E-state index contributed by atoms with van der Waals surface area (Å²) < 4.78 is 5.53. The lowest BCUT2D eigenvalue weighted by molar-refractivity contribution is 0.181. The van der Waals surface area contributed by atoms with Crippen LogP contribution in [0, 0.1) is 20.8 Å². The van der Waals surface area contributed by atoms with Gasteiger partial charge in [0.25, 0.3) is 0 Å². The van der Waals surface area contributed by atoms with Gasteiger partial charge >= 0.3 is 0 Å². The number of hydrogen-bond acceptors (Lipinski definition) is 4. The Balaban J connectivity index is 1.94. The summed E-state index contributed by atoms with van der Waals surface area (Å²) in [5.41, 5.74) is 2.93. The Labute approximate surface area is 143 Å².